The summed E-state index contributed by atoms with van der Waals surface area (Å²) >= 11 is 0. The molecule has 0 aliphatic heterocycles. The van der Waals surface area contributed by atoms with Crippen molar-refractivity contribution in [3.63, 3.8) is 0 Å². The molecule has 0 aliphatic carbocycles. The third kappa shape index (κ3) is 3.05. The molecule has 0 fully saturated rings. The lowest BCUT2D eigenvalue weighted by Crippen LogP contribution is -2.15. The molecule has 8 heteroatoms. The molecule has 0 spiro atoms. The van der Waals surface area contributed by atoms with Gasteiger partial charge in [-0.05, 0) is 38.1 Å². The highest BCUT2D eigenvalue weighted by Crippen LogP contribution is 2.14. The molecule has 7 nitrogen and oxygen atoms in total. The van der Waals surface area contributed by atoms with E-state index in [2.05, 4.69) is 25.6 Å². The van der Waals surface area contributed by atoms with Crippen molar-refractivity contribution >= 4 is 11.7 Å². The van der Waals surface area contributed by atoms with E-state index in [1.165, 1.54) is 23.1 Å². The zero-order valence-electron chi connectivity index (χ0n) is 12.5. The van der Waals surface area contributed by atoms with E-state index in [1.807, 2.05) is 0 Å². The Kier molecular flexibility index (Phi) is 3.80. The minimum Gasteiger partial charge on any atom is -0.305 e. The summed E-state index contributed by atoms with van der Waals surface area (Å²) in [6.07, 6.45) is 1.37. The van der Waals surface area contributed by atoms with Gasteiger partial charge in [0.2, 0.25) is 0 Å². The summed E-state index contributed by atoms with van der Waals surface area (Å²) < 4.78 is 14.5. The van der Waals surface area contributed by atoms with Gasteiger partial charge in [0.1, 0.15) is 18.0 Å². The predicted octanol–water partition coefficient (Wildman–Crippen LogP) is 2.07. The van der Waals surface area contributed by atoms with Crippen LogP contribution in [-0.4, -0.2) is 30.9 Å². The lowest BCUT2D eigenvalue weighted by Gasteiger charge is -2.05. The normalized spacial score (nSPS) is 10.6. The molecule has 2 heterocycles. The molecule has 3 aromatic rings. The summed E-state index contributed by atoms with van der Waals surface area (Å²) in [5, 5.41) is 10.5. The number of amides is 1. The van der Waals surface area contributed by atoms with Crippen molar-refractivity contribution < 1.29 is 9.18 Å². The predicted molar refractivity (Wildman–Crippen MR) is 80.8 cm³/mol. The highest BCUT2D eigenvalue weighted by Gasteiger charge is 2.18. The average molecular weight is 312 g/mol. The number of aromatic nitrogens is 5. The van der Waals surface area contributed by atoms with Crippen molar-refractivity contribution in [1.29, 1.82) is 0 Å². The second kappa shape index (κ2) is 5.91. The van der Waals surface area contributed by atoms with Crippen LogP contribution in [0.2, 0.25) is 0 Å². The van der Waals surface area contributed by atoms with Crippen LogP contribution in [0.3, 0.4) is 0 Å². The Morgan fingerprint density at radius 3 is 2.61 bits per heavy atom. The zero-order valence-corrected chi connectivity index (χ0v) is 12.5. The van der Waals surface area contributed by atoms with Gasteiger partial charge in [0.05, 0.1) is 11.4 Å². The van der Waals surface area contributed by atoms with Gasteiger partial charge in [-0.2, -0.15) is 0 Å². The number of nitrogens with one attached hydrogen (secondary N) is 1. The highest BCUT2D eigenvalue weighted by atomic mass is 19.1. The number of rotatable bonds is 3. The van der Waals surface area contributed by atoms with Gasteiger partial charge in [-0.25, -0.2) is 19.0 Å². The fraction of sp³-hybridized carbons (Fsp3) is 0.133. The standard InChI is InChI=1S/C15H13FN6O/c1-9-7-13(18-8-17-9)19-15(23)14-10(2)22(21-20-14)12-5-3-11(16)4-6-12/h3-8H,1-2H3,(H,17,18,19,23). The largest absolute Gasteiger partial charge is 0.305 e. The quantitative estimate of drug-likeness (QED) is 0.800. The topological polar surface area (TPSA) is 85.6 Å². The van der Waals surface area contributed by atoms with Gasteiger partial charge in [-0.15, -0.1) is 5.10 Å². The second-order valence-electron chi connectivity index (χ2n) is 4.91. The van der Waals surface area contributed by atoms with Crippen LogP contribution in [0.5, 0.6) is 0 Å². The molecular formula is C15H13FN6O. The van der Waals surface area contributed by atoms with Crippen LogP contribution in [0.15, 0.2) is 36.7 Å². The van der Waals surface area contributed by atoms with Crippen LogP contribution in [0, 0.1) is 19.7 Å². The van der Waals surface area contributed by atoms with Crippen molar-refractivity contribution in [1.82, 2.24) is 25.0 Å². The van der Waals surface area contributed by atoms with Crippen LogP contribution in [0.25, 0.3) is 5.69 Å². The summed E-state index contributed by atoms with van der Waals surface area (Å²) in [7, 11) is 0. The Morgan fingerprint density at radius 1 is 1.17 bits per heavy atom. The molecule has 0 unspecified atom stereocenters. The van der Waals surface area contributed by atoms with Crippen LogP contribution in [0.4, 0.5) is 10.2 Å². The molecule has 0 saturated carbocycles. The molecule has 1 amide bonds. The van der Waals surface area contributed by atoms with E-state index in [0.29, 0.717) is 17.2 Å². The first kappa shape index (κ1) is 14.8. The smallest absolute Gasteiger partial charge is 0.279 e. The number of carbonyl (C=O) groups excluding carboxylic acids is 1. The molecule has 0 aliphatic rings. The van der Waals surface area contributed by atoms with Crippen molar-refractivity contribution in [3.05, 3.63) is 59.6 Å². The molecular weight excluding hydrogens is 299 g/mol. The van der Waals surface area contributed by atoms with Gasteiger partial charge in [0.25, 0.3) is 5.91 Å². The van der Waals surface area contributed by atoms with E-state index < -0.39 is 5.91 Å². The minimum absolute atomic E-state index is 0.172. The van der Waals surface area contributed by atoms with Gasteiger partial charge >= 0.3 is 0 Å². The Labute approximate surface area is 131 Å². The van der Waals surface area contributed by atoms with E-state index in [0.717, 1.165) is 5.69 Å². The van der Waals surface area contributed by atoms with Crippen molar-refractivity contribution in [2.75, 3.05) is 5.32 Å². The Morgan fingerprint density at radius 2 is 1.91 bits per heavy atom. The van der Waals surface area contributed by atoms with Gasteiger partial charge in [-0.3, -0.25) is 4.79 Å². The van der Waals surface area contributed by atoms with Crippen LogP contribution >= 0.6 is 0 Å². The number of hydrogen-bond donors (Lipinski definition) is 1. The van der Waals surface area contributed by atoms with Crippen molar-refractivity contribution in [3.8, 4) is 5.69 Å². The molecule has 116 valence electrons. The fourth-order valence-electron chi connectivity index (χ4n) is 2.06. The Bertz CT molecular complexity index is 859. The molecule has 23 heavy (non-hydrogen) atoms. The number of halogens is 1. The maximum absolute atomic E-state index is 13.0. The highest BCUT2D eigenvalue weighted by molar-refractivity contribution is 6.03. The van der Waals surface area contributed by atoms with E-state index in [-0.39, 0.29) is 11.5 Å². The molecule has 0 bridgehead atoms. The number of hydrogen-bond acceptors (Lipinski definition) is 5. The number of aryl methyl sites for hydroxylation is 1. The SMILES string of the molecule is Cc1cc(NC(=O)c2nnn(-c3ccc(F)cc3)c2C)ncn1. The van der Waals surface area contributed by atoms with E-state index >= 15 is 0 Å². The lowest BCUT2D eigenvalue weighted by atomic mass is 10.2. The number of benzene rings is 1. The maximum atomic E-state index is 13.0. The van der Waals surface area contributed by atoms with Crippen molar-refractivity contribution in [2.24, 2.45) is 0 Å². The van der Waals surface area contributed by atoms with E-state index in [1.54, 1.807) is 32.0 Å². The van der Waals surface area contributed by atoms with Crippen LogP contribution < -0.4 is 5.32 Å². The van der Waals surface area contributed by atoms with E-state index in [4.69, 9.17) is 0 Å². The molecule has 2 aromatic heterocycles. The van der Waals surface area contributed by atoms with Crippen LogP contribution in [0.1, 0.15) is 21.9 Å². The Hall–Kier alpha value is -3.16. The lowest BCUT2D eigenvalue weighted by molar-refractivity contribution is 0.102. The monoisotopic (exact) mass is 312 g/mol. The fourth-order valence-corrected chi connectivity index (χ4v) is 2.06. The molecule has 3 rings (SSSR count). The summed E-state index contributed by atoms with van der Waals surface area (Å²) in [5.41, 5.74) is 2.07. The van der Waals surface area contributed by atoms with Gasteiger partial charge in [0, 0.05) is 11.8 Å². The minimum atomic E-state index is -0.422. The summed E-state index contributed by atoms with van der Waals surface area (Å²) in [5.74, 6) is -0.379. The molecule has 0 radical (unpaired) electrons. The molecule has 1 N–H and O–H groups in total. The number of carbonyl (C=O) groups is 1. The van der Waals surface area contributed by atoms with Crippen LogP contribution in [-0.2, 0) is 0 Å². The molecule has 1 aromatic carbocycles. The second-order valence-corrected chi connectivity index (χ2v) is 4.91. The third-order valence-corrected chi connectivity index (χ3v) is 3.23. The molecule has 0 saturated heterocycles. The Balaban J connectivity index is 1.86. The van der Waals surface area contributed by atoms with Gasteiger partial charge in [-0.1, -0.05) is 5.21 Å². The summed E-state index contributed by atoms with van der Waals surface area (Å²) in [4.78, 5) is 20.2. The summed E-state index contributed by atoms with van der Waals surface area (Å²) in [6.45, 7) is 3.51. The zero-order chi connectivity index (χ0) is 16.4. The van der Waals surface area contributed by atoms with Crippen molar-refractivity contribution in [2.45, 2.75) is 13.8 Å². The first-order valence-electron chi connectivity index (χ1n) is 6.83. The summed E-state index contributed by atoms with van der Waals surface area (Å²) in [6, 6.07) is 7.41. The van der Waals surface area contributed by atoms with Gasteiger partial charge < -0.3 is 5.32 Å². The third-order valence-electron chi connectivity index (χ3n) is 3.23. The first-order valence-corrected chi connectivity index (χ1v) is 6.83. The van der Waals surface area contributed by atoms with Gasteiger partial charge in [0.15, 0.2) is 5.69 Å². The van der Waals surface area contributed by atoms with E-state index in [9.17, 15) is 9.18 Å². The molecule has 0 atom stereocenters. The maximum Gasteiger partial charge on any atom is 0.279 e. The number of anilines is 1. The first-order chi connectivity index (χ1) is 11.0. The average Bonchev–Trinajstić information content (AvgIpc) is 2.90. The number of nitrogens with zero attached hydrogens (tertiary/aromatic N) is 5.